The molecule has 0 N–H and O–H groups in total. The van der Waals surface area contributed by atoms with Gasteiger partial charge in [0, 0.05) is 107 Å². The highest BCUT2D eigenvalue weighted by atomic mass is 32.1. The van der Waals surface area contributed by atoms with Crippen LogP contribution in [0.1, 0.15) is 0 Å². The minimum absolute atomic E-state index is 1.10. The molecule has 0 saturated heterocycles. The molecule has 4 aromatic heterocycles. The van der Waals surface area contributed by atoms with Gasteiger partial charge in [-0.05, 0) is 324 Å². The van der Waals surface area contributed by atoms with Gasteiger partial charge in [-0.2, -0.15) is 0 Å². The second-order valence-corrected chi connectivity index (χ2v) is 39.4. The lowest BCUT2D eigenvalue weighted by molar-refractivity contribution is 1.18. The normalized spacial score (nSPS) is 11.8. The molecule has 4 heterocycles. The Morgan fingerprint density at radius 1 is 0.134 bits per heavy atom. The SMILES string of the molecule is c1ccc(-c2ccc3c(c2)c2cc(-c4ccc(N(c5ccc(-c6ccc7c8ccccc8c8ccccc8c7c6)cc5)c5ccc6sc7ccccc7c6c5)cc4)ccc2n3-c2ccccc2)cc1.c1ccc(-n2c3ccc(-c4ccc(N(c5ccc(-c6ccc7c8ccccc8c8ccccc8c7c6)cc5)c5ccc6sc7ccccc7c6c5)cc4)cc3c3cc(-c4cccc5ccccc45)ccc32)cc1. The minimum Gasteiger partial charge on any atom is -0.310 e. The molecule has 0 radical (unpaired) electrons. The van der Waals surface area contributed by atoms with E-state index in [1.807, 2.05) is 22.7 Å². The Hall–Kier alpha value is -18.0. The molecular weight excluding hydrogens is 1750 g/mol. The van der Waals surface area contributed by atoms with E-state index in [-0.39, 0.29) is 0 Å². The van der Waals surface area contributed by atoms with Gasteiger partial charge in [-0.25, -0.2) is 0 Å². The lowest BCUT2D eigenvalue weighted by atomic mass is 9.92. The first kappa shape index (κ1) is 82.2. The van der Waals surface area contributed by atoms with Gasteiger partial charge in [0.05, 0.1) is 22.1 Å². The van der Waals surface area contributed by atoms with Crippen LogP contribution in [0.25, 0.3) is 237 Å². The highest BCUT2D eigenvalue weighted by Gasteiger charge is 2.24. The third kappa shape index (κ3) is 14.0. The molecule has 0 unspecified atom stereocenters. The predicted octanol–water partition coefficient (Wildman–Crippen LogP) is 39.3. The predicted molar refractivity (Wildman–Crippen MR) is 612 cm³/mol. The third-order valence-corrected chi connectivity index (χ3v) is 31.6. The molecule has 29 aromatic rings. The molecule has 25 aromatic carbocycles. The summed E-state index contributed by atoms with van der Waals surface area (Å²) in [7, 11) is 0. The Bertz CT molecular complexity index is 10000. The molecule has 0 amide bonds. The first-order valence-corrected chi connectivity index (χ1v) is 50.3. The van der Waals surface area contributed by atoms with Gasteiger partial charge in [0.15, 0.2) is 0 Å². The van der Waals surface area contributed by atoms with E-state index in [2.05, 4.69) is 541 Å². The van der Waals surface area contributed by atoms with Crippen molar-refractivity contribution in [1.82, 2.24) is 9.13 Å². The maximum atomic E-state index is 2.41. The molecule has 0 spiro atoms. The Kier molecular flexibility index (Phi) is 19.7. The van der Waals surface area contributed by atoms with Crippen LogP contribution in [0.5, 0.6) is 0 Å². The Morgan fingerprint density at radius 2 is 0.380 bits per heavy atom. The Labute approximate surface area is 828 Å². The molecule has 0 atom stereocenters. The summed E-state index contributed by atoms with van der Waals surface area (Å²) in [6.45, 7) is 0. The summed E-state index contributed by atoms with van der Waals surface area (Å²) in [6, 6.07) is 192. The average molecular weight is 1840 g/mol. The molecule has 4 nitrogen and oxygen atoms in total. The van der Waals surface area contributed by atoms with E-state index < -0.39 is 0 Å². The number of thiophene rings is 2. The standard InChI is InChI=1S/C70H44N2S.C66H42N2S/c1-2-15-51(16-3-1)72-67-38-30-49(42-64(67)65-43-50(31-39-68(65)72)56-23-12-14-47-13-4-5-17-55(47)56)46-27-34-53(35-28-46)71(54-36-40-70-66(44-54)62-22-10-11-24-69(62)73-70)52-32-25-45(26-33-52)48-29-37-61-59-20-7-6-18-57(59)58-19-8-9-21-60(58)63(61)41-48;1-3-13-43(14-4-1)47-28-36-63-60(40-47)61-41-48(29-37-64(61)68(63)49-15-5-2-6-16-49)45-25-32-51(33-26-45)67(52-34-38-66-62(42-52)58-21-11-12-22-65(58)69-66)50-30-23-44(24-31-50)46-27-35-57-55-19-8-7-17-53(55)54-18-9-10-20-56(54)59(57)39-46/h1-44H;1-42H. The summed E-state index contributed by atoms with van der Waals surface area (Å²) >= 11 is 3.71. The highest BCUT2D eigenvalue weighted by molar-refractivity contribution is 7.26. The number of benzene rings is 25. The van der Waals surface area contributed by atoms with Gasteiger partial charge in [0.1, 0.15) is 0 Å². The van der Waals surface area contributed by atoms with Gasteiger partial charge in [-0.3, -0.25) is 0 Å². The Balaban J connectivity index is 0.000000139. The van der Waals surface area contributed by atoms with E-state index >= 15 is 0 Å². The van der Waals surface area contributed by atoms with E-state index in [0.717, 1.165) is 45.5 Å². The zero-order valence-electron chi connectivity index (χ0n) is 77.3. The van der Waals surface area contributed by atoms with Crippen molar-refractivity contribution in [3.8, 4) is 78.1 Å². The fourth-order valence-corrected chi connectivity index (χ4v) is 24.7. The lowest BCUT2D eigenvalue weighted by Gasteiger charge is -2.26. The number of para-hydroxylation sites is 2. The van der Waals surface area contributed by atoms with Crippen molar-refractivity contribution in [2.75, 3.05) is 9.80 Å². The monoisotopic (exact) mass is 1840 g/mol. The molecule has 142 heavy (non-hydrogen) atoms. The highest BCUT2D eigenvalue weighted by Crippen LogP contribution is 2.49. The summed E-state index contributed by atoms with van der Waals surface area (Å²) < 4.78 is 10.0. The number of anilines is 6. The van der Waals surface area contributed by atoms with Gasteiger partial charge in [0.25, 0.3) is 0 Å². The maximum Gasteiger partial charge on any atom is 0.0541 e. The second kappa shape index (κ2) is 34.0. The van der Waals surface area contributed by atoms with Gasteiger partial charge >= 0.3 is 0 Å². The quantitative estimate of drug-likeness (QED) is 0.101. The van der Waals surface area contributed by atoms with Gasteiger partial charge in [-0.15, -0.1) is 22.7 Å². The van der Waals surface area contributed by atoms with Crippen LogP contribution in [-0.2, 0) is 0 Å². The van der Waals surface area contributed by atoms with Crippen LogP contribution in [0.2, 0.25) is 0 Å². The van der Waals surface area contributed by atoms with Crippen molar-refractivity contribution >= 4 is 216 Å². The van der Waals surface area contributed by atoms with Crippen LogP contribution in [0, 0.1) is 0 Å². The summed E-state index contributed by atoms with van der Waals surface area (Å²) in [6.07, 6.45) is 0. The number of hydrogen-bond acceptors (Lipinski definition) is 4. The molecule has 0 aliphatic rings. The molecule has 0 saturated carbocycles. The average Bonchev–Trinajstić information content (AvgIpc) is 1.47. The van der Waals surface area contributed by atoms with Crippen LogP contribution in [0.3, 0.4) is 0 Å². The number of hydrogen-bond donors (Lipinski definition) is 0. The molecule has 0 bridgehead atoms. The van der Waals surface area contributed by atoms with Crippen molar-refractivity contribution in [2.24, 2.45) is 0 Å². The first-order chi connectivity index (χ1) is 70.4. The van der Waals surface area contributed by atoms with E-state index in [0.29, 0.717) is 0 Å². The van der Waals surface area contributed by atoms with Gasteiger partial charge in [0.2, 0.25) is 0 Å². The maximum absolute atomic E-state index is 2.41. The molecular formula is C136H86N4S2. The van der Waals surface area contributed by atoms with Gasteiger partial charge in [-0.1, -0.05) is 340 Å². The summed E-state index contributed by atoms with van der Waals surface area (Å²) in [4.78, 5) is 4.81. The van der Waals surface area contributed by atoms with Gasteiger partial charge < -0.3 is 18.9 Å². The van der Waals surface area contributed by atoms with Crippen molar-refractivity contribution in [1.29, 1.82) is 0 Å². The fourth-order valence-electron chi connectivity index (χ4n) is 22.6. The minimum atomic E-state index is 1.10. The molecule has 0 aliphatic carbocycles. The number of nitrogens with zero attached hydrogens (tertiary/aromatic N) is 4. The van der Waals surface area contributed by atoms with Crippen molar-refractivity contribution in [3.63, 3.8) is 0 Å². The van der Waals surface area contributed by atoms with Crippen molar-refractivity contribution < 1.29 is 0 Å². The smallest absolute Gasteiger partial charge is 0.0541 e. The summed E-state index contributed by atoms with van der Waals surface area (Å²) in [5.74, 6) is 0. The van der Waals surface area contributed by atoms with Crippen LogP contribution in [-0.4, -0.2) is 9.13 Å². The van der Waals surface area contributed by atoms with E-state index in [1.54, 1.807) is 0 Å². The third-order valence-electron chi connectivity index (χ3n) is 29.3. The molecule has 6 heteroatoms. The molecule has 662 valence electrons. The number of aromatic nitrogens is 2. The van der Waals surface area contributed by atoms with Crippen LogP contribution < -0.4 is 9.80 Å². The molecule has 0 fully saturated rings. The Morgan fingerprint density at radius 3 is 0.746 bits per heavy atom. The number of rotatable bonds is 14. The summed E-state index contributed by atoms with van der Waals surface area (Å²) in [5, 5.41) is 28.0. The largest absolute Gasteiger partial charge is 0.310 e. The number of fused-ring (bicyclic) bond motifs is 25. The topological polar surface area (TPSA) is 16.3 Å². The second-order valence-electron chi connectivity index (χ2n) is 37.3. The lowest BCUT2D eigenvalue weighted by Crippen LogP contribution is -2.09. The fraction of sp³-hybridized carbons (Fsp3) is 0. The molecule has 29 rings (SSSR count). The molecule has 0 aliphatic heterocycles. The zero-order valence-corrected chi connectivity index (χ0v) is 78.9. The van der Waals surface area contributed by atoms with Crippen molar-refractivity contribution in [3.05, 3.63) is 522 Å². The van der Waals surface area contributed by atoms with Crippen LogP contribution in [0.4, 0.5) is 34.1 Å². The van der Waals surface area contributed by atoms with Crippen LogP contribution >= 0.6 is 22.7 Å². The van der Waals surface area contributed by atoms with Crippen LogP contribution in [0.15, 0.2) is 522 Å². The summed E-state index contributed by atoms with van der Waals surface area (Å²) in [5.41, 5.74) is 28.1. The first-order valence-electron chi connectivity index (χ1n) is 48.7. The van der Waals surface area contributed by atoms with Crippen molar-refractivity contribution in [2.45, 2.75) is 0 Å². The van der Waals surface area contributed by atoms with E-state index in [1.165, 1.54) is 226 Å². The zero-order chi connectivity index (χ0) is 93.4. The van der Waals surface area contributed by atoms with E-state index in [4.69, 9.17) is 0 Å². The van der Waals surface area contributed by atoms with E-state index in [9.17, 15) is 0 Å².